The Morgan fingerprint density at radius 2 is 1.29 bits per heavy atom. The largest absolute Gasteiger partial charge is 0.448 e. The number of nitrogens with one attached hydrogen (secondary N) is 1. The van der Waals surface area contributed by atoms with Crippen LogP contribution in [-0.4, -0.2) is 48.3 Å². The first-order valence-corrected chi connectivity index (χ1v) is 9.87. The van der Waals surface area contributed by atoms with Gasteiger partial charge in [0.2, 0.25) is 0 Å². The van der Waals surface area contributed by atoms with Crippen molar-refractivity contribution in [3.05, 3.63) is 70.8 Å². The fourth-order valence-electron chi connectivity index (χ4n) is 2.40. The van der Waals surface area contributed by atoms with Crippen molar-refractivity contribution in [2.75, 3.05) is 7.11 Å². The number of aliphatic hydroxyl groups is 1. The van der Waals surface area contributed by atoms with Crippen molar-refractivity contribution in [3.8, 4) is 0 Å². The van der Waals surface area contributed by atoms with E-state index in [1.54, 1.807) is 48.5 Å². The molecule has 0 aromatic heterocycles. The zero-order valence-corrected chi connectivity index (χ0v) is 18.8. The summed E-state index contributed by atoms with van der Waals surface area (Å²) in [4.78, 5) is 48.0. The molecular formula is C24H31NO6. The van der Waals surface area contributed by atoms with Gasteiger partial charge in [-0.3, -0.25) is 9.59 Å². The number of amides is 1. The SMILES string of the molecule is CC.CC(=O)C(OC(=O)c1ccc(C)cc1)C(C=O)NC(=O)c1ccc(C)cc1.CO. The Hall–Kier alpha value is -3.32. The van der Waals surface area contributed by atoms with Gasteiger partial charge >= 0.3 is 5.97 Å². The molecule has 0 aliphatic rings. The number of benzene rings is 2. The van der Waals surface area contributed by atoms with Crippen LogP contribution in [0, 0.1) is 13.8 Å². The number of hydrogen-bond donors (Lipinski definition) is 2. The van der Waals surface area contributed by atoms with Crippen LogP contribution in [-0.2, 0) is 14.3 Å². The van der Waals surface area contributed by atoms with Crippen molar-refractivity contribution in [2.45, 2.75) is 46.8 Å². The van der Waals surface area contributed by atoms with E-state index in [1.807, 2.05) is 27.7 Å². The first-order chi connectivity index (χ1) is 14.8. The monoisotopic (exact) mass is 429 g/mol. The molecule has 7 nitrogen and oxygen atoms in total. The van der Waals surface area contributed by atoms with Crippen LogP contribution < -0.4 is 5.32 Å². The third kappa shape index (κ3) is 8.92. The average Bonchev–Trinajstić information content (AvgIpc) is 2.79. The van der Waals surface area contributed by atoms with Gasteiger partial charge in [0.05, 0.1) is 5.56 Å². The van der Waals surface area contributed by atoms with Crippen molar-refractivity contribution < 1.29 is 29.0 Å². The lowest BCUT2D eigenvalue weighted by molar-refractivity contribution is -0.129. The van der Waals surface area contributed by atoms with Crippen molar-refractivity contribution in [1.82, 2.24) is 5.32 Å². The highest BCUT2D eigenvalue weighted by Crippen LogP contribution is 2.10. The number of aliphatic hydroxyl groups excluding tert-OH is 1. The zero-order valence-electron chi connectivity index (χ0n) is 18.8. The van der Waals surface area contributed by atoms with Gasteiger partial charge in [-0.2, -0.15) is 0 Å². The molecule has 0 radical (unpaired) electrons. The van der Waals surface area contributed by atoms with E-state index >= 15 is 0 Å². The van der Waals surface area contributed by atoms with Crippen LogP contribution in [0.15, 0.2) is 48.5 Å². The van der Waals surface area contributed by atoms with Gasteiger partial charge in [0, 0.05) is 12.7 Å². The fourth-order valence-corrected chi connectivity index (χ4v) is 2.40. The molecule has 0 spiro atoms. The van der Waals surface area contributed by atoms with Crippen LogP contribution in [0.1, 0.15) is 52.6 Å². The lowest BCUT2D eigenvalue weighted by Crippen LogP contribution is -2.49. The molecule has 2 aromatic carbocycles. The number of hydrogen-bond acceptors (Lipinski definition) is 6. The topological polar surface area (TPSA) is 110 Å². The van der Waals surface area contributed by atoms with Crippen molar-refractivity contribution in [1.29, 1.82) is 0 Å². The van der Waals surface area contributed by atoms with Gasteiger partial charge in [0.25, 0.3) is 5.91 Å². The Labute approximate surface area is 183 Å². The van der Waals surface area contributed by atoms with Crippen LogP contribution in [0.2, 0.25) is 0 Å². The van der Waals surface area contributed by atoms with Crippen molar-refractivity contribution in [2.24, 2.45) is 0 Å². The normalized spacial score (nSPS) is 11.3. The highest BCUT2D eigenvalue weighted by Gasteiger charge is 2.31. The quantitative estimate of drug-likeness (QED) is 0.517. The van der Waals surface area contributed by atoms with Gasteiger partial charge in [-0.25, -0.2) is 4.79 Å². The molecule has 2 rings (SSSR count). The molecule has 168 valence electrons. The second kappa shape index (κ2) is 14.6. The van der Waals surface area contributed by atoms with Gasteiger partial charge in [-0.1, -0.05) is 49.2 Å². The molecule has 2 aromatic rings. The summed E-state index contributed by atoms with van der Waals surface area (Å²) in [5, 5.41) is 9.44. The van der Waals surface area contributed by atoms with Crippen LogP contribution >= 0.6 is 0 Å². The highest BCUT2D eigenvalue weighted by atomic mass is 16.5. The molecule has 0 aliphatic carbocycles. The molecule has 2 unspecified atom stereocenters. The van der Waals surface area contributed by atoms with E-state index in [-0.39, 0.29) is 5.56 Å². The number of Topliss-reactive ketones (excluding diaryl/α,β-unsaturated/α-hetero) is 1. The summed E-state index contributed by atoms with van der Waals surface area (Å²) in [6, 6.07) is 12.0. The summed E-state index contributed by atoms with van der Waals surface area (Å²) in [5.41, 5.74) is 2.53. The lowest BCUT2D eigenvalue weighted by atomic mass is 10.1. The highest BCUT2D eigenvalue weighted by molar-refractivity contribution is 5.98. The van der Waals surface area contributed by atoms with E-state index in [2.05, 4.69) is 5.32 Å². The molecule has 2 N–H and O–H groups in total. The van der Waals surface area contributed by atoms with E-state index in [0.717, 1.165) is 18.2 Å². The Morgan fingerprint density at radius 3 is 1.68 bits per heavy atom. The van der Waals surface area contributed by atoms with Gasteiger partial charge < -0.3 is 20.0 Å². The number of esters is 1. The number of ether oxygens (including phenoxy) is 1. The Bertz CT molecular complexity index is 843. The molecule has 0 saturated heterocycles. The number of carbonyl (C=O) groups excluding carboxylic acids is 4. The number of ketones is 1. The molecule has 2 atom stereocenters. The van der Waals surface area contributed by atoms with Crippen LogP contribution in [0.5, 0.6) is 0 Å². The van der Waals surface area contributed by atoms with E-state index in [4.69, 9.17) is 9.84 Å². The summed E-state index contributed by atoms with van der Waals surface area (Å²) < 4.78 is 5.21. The third-order valence-electron chi connectivity index (χ3n) is 4.01. The summed E-state index contributed by atoms with van der Waals surface area (Å²) in [5.74, 6) is -1.83. The average molecular weight is 430 g/mol. The minimum atomic E-state index is -1.41. The first-order valence-electron chi connectivity index (χ1n) is 9.87. The van der Waals surface area contributed by atoms with Crippen molar-refractivity contribution in [3.63, 3.8) is 0 Å². The zero-order chi connectivity index (χ0) is 24.0. The van der Waals surface area contributed by atoms with E-state index in [1.165, 1.54) is 6.92 Å². The molecule has 31 heavy (non-hydrogen) atoms. The Kier molecular flexibility index (Phi) is 13.1. The first kappa shape index (κ1) is 27.7. The van der Waals surface area contributed by atoms with Gasteiger partial charge in [-0.15, -0.1) is 0 Å². The van der Waals surface area contributed by atoms with Gasteiger partial charge in [0.1, 0.15) is 12.3 Å². The minimum absolute atomic E-state index is 0.251. The summed E-state index contributed by atoms with van der Waals surface area (Å²) >= 11 is 0. The predicted octanol–water partition coefficient (Wildman–Crippen LogP) is 3.05. The maximum Gasteiger partial charge on any atom is 0.338 e. The van der Waals surface area contributed by atoms with E-state index < -0.39 is 29.8 Å². The molecule has 0 fully saturated rings. The number of aldehydes is 1. The molecule has 0 aliphatic heterocycles. The summed E-state index contributed by atoms with van der Waals surface area (Å²) in [6.45, 7) is 8.95. The molecule has 0 saturated carbocycles. The number of carbonyl (C=O) groups is 4. The summed E-state index contributed by atoms with van der Waals surface area (Å²) in [7, 11) is 1.00. The standard InChI is InChI=1S/C21H21NO5.C2H6.CH4O/c1-13-4-8-16(9-5-13)20(25)22-18(12-23)19(15(3)24)27-21(26)17-10-6-14(2)7-11-17;2*1-2/h4-12,18-19H,1-3H3,(H,22,25);1-2H3;2H,1H3. The second-order valence-corrected chi connectivity index (χ2v) is 6.30. The maximum absolute atomic E-state index is 12.3. The molecule has 0 heterocycles. The van der Waals surface area contributed by atoms with Gasteiger partial charge in [0.15, 0.2) is 11.9 Å². The van der Waals surface area contributed by atoms with Crippen LogP contribution in [0.4, 0.5) is 0 Å². The third-order valence-corrected chi connectivity index (χ3v) is 4.01. The van der Waals surface area contributed by atoms with E-state index in [9.17, 15) is 19.2 Å². The molecule has 0 bridgehead atoms. The minimum Gasteiger partial charge on any atom is -0.448 e. The smallest absolute Gasteiger partial charge is 0.338 e. The molecule has 7 heteroatoms. The second-order valence-electron chi connectivity index (χ2n) is 6.30. The summed E-state index contributed by atoms with van der Waals surface area (Å²) in [6.07, 6.45) is -1.02. The Morgan fingerprint density at radius 1 is 0.871 bits per heavy atom. The van der Waals surface area contributed by atoms with Crippen molar-refractivity contribution >= 4 is 23.9 Å². The predicted molar refractivity (Wildman–Crippen MR) is 119 cm³/mol. The number of rotatable bonds is 7. The molecular weight excluding hydrogens is 398 g/mol. The lowest BCUT2D eigenvalue weighted by Gasteiger charge is -2.22. The maximum atomic E-state index is 12.3. The molecule has 1 amide bonds. The van der Waals surface area contributed by atoms with Crippen LogP contribution in [0.3, 0.4) is 0 Å². The number of aryl methyl sites for hydroxylation is 2. The van der Waals surface area contributed by atoms with Crippen LogP contribution in [0.25, 0.3) is 0 Å². The fraction of sp³-hybridized carbons (Fsp3) is 0.333. The Balaban J connectivity index is 0.00000212. The van der Waals surface area contributed by atoms with Gasteiger partial charge in [-0.05, 0) is 45.0 Å². The van der Waals surface area contributed by atoms with E-state index in [0.29, 0.717) is 11.8 Å².